The molecule has 4 heterocycles. The third kappa shape index (κ3) is 3.98. The van der Waals surface area contributed by atoms with Crippen LogP contribution in [0.3, 0.4) is 0 Å². The van der Waals surface area contributed by atoms with Crippen molar-refractivity contribution in [1.82, 2.24) is 4.57 Å². The second kappa shape index (κ2) is 10.8. The Morgan fingerprint density at radius 2 is 1.34 bits per heavy atom. The zero-order valence-electron chi connectivity index (χ0n) is 30.9. The van der Waals surface area contributed by atoms with Crippen molar-refractivity contribution in [3.63, 3.8) is 0 Å². The van der Waals surface area contributed by atoms with E-state index in [0.717, 1.165) is 46.3 Å². The first kappa shape index (κ1) is 30.7. The summed E-state index contributed by atoms with van der Waals surface area (Å²) >= 11 is 1.90. The van der Waals surface area contributed by atoms with Gasteiger partial charge in [0, 0.05) is 54.1 Å². The van der Waals surface area contributed by atoms with Crippen LogP contribution in [0.5, 0.6) is 0 Å². The molecule has 0 fully saturated rings. The van der Waals surface area contributed by atoms with Crippen LogP contribution in [0.15, 0.2) is 156 Å². The van der Waals surface area contributed by atoms with Crippen LogP contribution in [0.25, 0.3) is 91.9 Å². The van der Waals surface area contributed by atoms with E-state index >= 15 is 0 Å². The molecule has 11 aromatic rings. The Morgan fingerprint density at radius 1 is 0.589 bits per heavy atom. The number of hydrogen-bond donors (Lipinski definition) is 1. The molecule has 3 nitrogen and oxygen atoms in total. The quantitative estimate of drug-likeness (QED) is 0.183. The number of para-hydroxylation sites is 2. The third-order valence-corrected chi connectivity index (χ3v) is 14.0. The molecule has 0 unspecified atom stereocenters. The van der Waals surface area contributed by atoms with Crippen LogP contribution in [0.2, 0.25) is 0 Å². The molecule has 262 valence electrons. The highest BCUT2D eigenvalue weighted by atomic mass is 32.1. The number of furan rings is 1. The van der Waals surface area contributed by atoms with Crippen LogP contribution < -0.4 is 16.2 Å². The van der Waals surface area contributed by atoms with Gasteiger partial charge < -0.3 is 14.3 Å². The molecule has 56 heavy (non-hydrogen) atoms. The van der Waals surface area contributed by atoms with Gasteiger partial charge in [-0.15, -0.1) is 11.3 Å². The third-order valence-electron chi connectivity index (χ3n) is 12.8. The maximum Gasteiger partial charge on any atom is 0.198 e. The Labute approximate surface area is 327 Å². The molecular weight excluding hydrogens is 699 g/mol. The highest BCUT2D eigenvalue weighted by molar-refractivity contribution is 7.26. The van der Waals surface area contributed by atoms with E-state index in [1.165, 1.54) is 86.3 Å². The average Bonchev–Trinajstić information content (AvgIpc) is 3.95. The lowest BCUT2D eigenvalue weighted by atomic mass is 9.59. The summed E-state index contributed by atoms with van der Waals surface area (Å²) in [7, 11) is 0.807. The second-order valence-electron chi connectivity index (χ2n) is 16.1. The largest absolute Gasteiger partial charge is 0.454 e. The van der Waals surface area contributed by atoms with Crippen molar-refractivity contribution in [2.45, 2.75) is 19.3 Å². The van der Waals surface area contributed by atoms with Gasteiger partial charge >= 0.3 is 0 Å². The van der Waals surface area contributed by atoms with Gasteiger partial charge in [0.1, 0.15) is 5.58 Å². The summed E-state index contributed by atoms with van der Waals surface area (Å²) in [4.78, 5) is 0. The number of fused-ring (bicyclic) bond motifs is 15. The van der Waals surface area contributed by atoms with E-state index in [9.17, 15) is 0 Å². The summed E-state index contributed by atoms with van der Waals surface area (Å²) in [5.74, 6) is 0. The minimum Gasteiger partial charge on any atom is -0.454 e. The Balaban J connectivity index is 1.11. The van der Waals surface area contributed by atoms with Crippen molar-refractivity contribution in [2.75, 3.05) is 5.32 Å². The molecule has 0 bridgehead atoms. The van der Waals surface area contributed by atoms with Crippen molar-refractivity contribution in [3.8, 4) is 27.9 Å². The minimum absolute atomic E-state index is 0.0884. The van der Waals surface area contributed by atoms with E-state index in [2.05, 4.69) is 175 Å². The minimum atomic E-state index is -0.0884. The number of hydrogen-bond acceptors (Lipinski definition) is 3. The summed E-state index contributed by atoms with van der Waals surface area (Å²) in [6, 6.07) is 55.9. The summed E-state index contributed by atoms with van der Waals surface area (Å²) in [6.45, 7) is 4.70. The molecule has 0 spiro atoms. The van der Waals surface area contributed by atoms with Crippen LogP contribution in [-0.2, 0) is 5.41 Å². The number of rotatable bonds is 3. The van der Waals surface area contributed by atoms with Gasteiger partial charge in [0.05, 0.1) is 15.9 Å². The number of anilines is 2. The lowest BCUT2D eigenvalue weighted by molar-refractivity contribution is 0.660. The number of aromatic nitrogens is 1. The van der Waals surface area contributed by atoms with E-state index in [0.29, 0.717) is 0 Å². The van der Waals surface area contributed by atoms with Crippen LogP contribution in [0, 0.1) is 0 Å². The topological polar surface area (TPSA) is 30.1 Å². The molecule has 3 aromatic heterocycles. The molecular formula is C51H33BN2OS. The maximum atomic E-state index is 6.95. The summed E-state index contributed by atoms with van der Waals surface area (Å²) in [5, 5.41) is 11.3. The number of thiophene rings is 1. The van der Waals surface area contributed by atoms with E-state index in [-0.39, 0.29) is 5.41 Å². The van der Waals surface area contributed by atoms with Crippen molar-refractivity contribution >= 4 is 105 Å². The Kier molecular flexibility index (Phi) is 5.93. The van der Waals surface area contributed by atoms with Gasteiger partial charge in [0.2, 0.25) is 0 Å². The highest BCUT2D eigenvalue weighted by Crippen LogP contribution is 2.50. The molecule has 1 N–H and O–H groups in total. The smallest absolute Gasteiger partial charge is 0.198 e. The molecule has 5 heteroatoms. The molecule has 1 aliphatic heterocycles. The van der Waals surface area contributed by atoms with Gasteiger partial charge in [-0.05, 0) is 86.5 Å². The standard InChI is InChI=1S/C51H33BN2OS/c1-51(2)39-18-8-5-14-31(39)32-23-22-30(26-40(32)51)53-42-25-29-13-4-3-12-28(29)24-36(42)37-27-38-33-15-6-9-20-43(33)55-49(38)48-45(37)52-41-19-11-17-35-46(41)54(48)47-34-16-7-10-21-44(34)56-50(35)47/h3-27,52-53H,1-2H3. The van der Waals surface area contributed by atoms with Crippen molar-refractivity contribution < 1.29 is 4.42 Å². The Hall–Kier alpha value is -6.56. The predicted octanol–water partition coefficient (Wildman–Crippen LogP) is 12.5. The molecule has 8 aromatic carbocycles. The molecule has 0 amide bonds. The zero-order valence-corrected chi connectivity index (χ0v) is 31.7. The maximum absolute atomic E-state index is 6.95. The molecule has 0 saturated heterocycles. The van der Waals surface area contributed by atoms with E-state index < -0.39 is 0 Å². The fraction of sp³-hybridized carbons (Fsp3) is 0.0588. The normalized spacial score (nSPS) is 13.8. The molecule has 1 aliphatic carbocycles. The SMILES string of the molecule is CC1(C)c2ccccc2-c2ccc(Nc3cc4ccccc4cc3-c3cc4c(oc5ccccc54)c4c3Bc3cccc5c6sc7ccccc7c6n-4c35)cc21. The van der Waals surface area contributed by atoms with E-state index in [1.807, 2.05) is 11.3 Å². The number of nitrogens with zero attached hydrogens (tertiary/aromatic N) is 1. The highest BCUT2D eigenvalue weighted by Gasteiger charge is 2.36. The first-order chi connectivity index (χ1) is 27.5. The fourth-order valence-electron chi connectivity index (χ4n) is 10.2. The fourth-order valence-corrected chi connectivity index (χ4v) is 11.4. The predicted molar refractivity (Wildman–Crippen MR) is 240 cm³/mol. The molecule has 13 rings (SSSR count). The van der Waals surface area contributed by atoms with Gasteiger partial charge in [0.25, 0.3) is 0 Å². The van der Waals surface area contributed by atoms with E-state index in [4.69, 9.17) is 4.42 Å². The van der Waals surface area contributed by atoms with Crippen LogP contribution in [0.4, 0.5) is 11.4 Å². The van der Waals surface area contributed by atoms with Crippen molar-refractivity contribution in [1.29, 1.82) is 0 Å². The Morgan fingerprint density at radius 3 is 2.25 bits per heavy atom. The van der Waals surface area contributed by atoms with Crippen LogP contribution in [0.1, 0.15) is 25.0 Å². The van der Waals surface area contributed by atoms with Gasteiger partial charge in [-0.1, -0.05) is 129 Å². The number of benzene rings is 8. The summed E-state index contributed by atoms with van der Waals surface area (Å²) in [6.07, 6.45) is 0. The molecule has 0 radical (unpaired) electrons. The first-order valence-corrected chi connectivity index (χ1v) is 20.3. The summed E-state index contributed by atoms with van der Waals surface area (Å²) < 4.78 is 12.1. The average molecular weight is 733 g/mol. The number of nitrogens with one attached hydrogen (secondary N) is 1. The molecule has 0 saturated carbocycles. The van der Waals surface area contributed by atoms with Gasteiger partial charge in [0.15, 0.2) is 12.9 Å². The summed E-state index contributed by atoms with van der Waals surface area (Å²) in [5.41, 5.74) is 18.1. The monoisotopic (exact) mass is 732 g/mol. The van der Waals surface area contributed by atoms with Crippen molar-refractivity contribution in [3.05, 3.63) is 163 Å². The van der Waals surface area contributed by atoms with Gasteiger partial charge in [-0.3, -0.25) is 0 Å². The van der Waals surface area contributed by atoms with E-state index in [1.54, 1.807) is 0 Å². The Bertz CT molecular complexity index is 3530. The molecule has 2 aliphatic rings. The van der Waals surface area contributed by atoms with Crippen molar-refractivity contribution in [2.24, 2.45) is 0 Å². The van der Waals surface area contributed by atoms with Gasteiger partial charge in [-0.2, -0.15) is 0 Å². The first-order valence-electron chi connectivity index (χ1n) is 19.5. The lowest BCUT2D eigenvalue weighted by Gasteiger charge is -2.25. The zero-order chi connectivity index (χ0) is 36.9. The lowest BCUT2D eigenvalue weighted by Crippen LogP contribution is -2.37. The second-order valence-corrected chi connectivity index (χ2v) is 17.2. The van der Waals surface area contributed by atoms with Gasteiger partial charge in [-0.25, -0.2) is 0 Å². The molecule has 0 atom stereocenters. The van der Waals surface area contributed by atoms with Crippen LogP contribution >= 0.6 is 11.3 Å². The van der Waals surface area contributed by atoms with Crippen LogP contribution in [-0.4, -0.2) is 11.8 Å².